The standard InChI is InChI=1S/C14H26O3/c1-3-12(4-2)13(16)17-11-14(10-15)8-6-5-7-9-14/h12,15H,3-11H2,1-2H3. The summed E-state index contributed by atoms with van der Waals surface area (Å²) in [4.78, 5) is 11.8. The molecule has 0 radical (unpaired) electrons. The molecule has 0 aliphatic heterocycles. The van der Waals surface area contributed by atoms with Crippen LogP contribution in [0.25, 0.3) is 0 Å². The molecule has 0 saturated heterocycles. The summed E-state index contributed by atoms with van der Waals surface area (Å²) in [5.41, 5.74) is -0.153. The van der Waals surface area contributed by atoms with Crippen LogP contribution < -0.4 is 0 Å². The van der Waals surface area contributed by atoms with Crippen molar-refractivity contribution >= 4 is 5.97 Å². The molecule has 3 heteroatoms. The predicted octanol–water partition coefficient (Wildman–Crippen LogP) is 2.91. The van der Waals surface area contributed by atoms with Gasteiger partial charge in [-0.15, -0.1) is 0 Å². The molecule has 1 fully saturated rings. The van der Waals surface area contributed by atoms with Gasteiger partial charge < -0.3 is 9.84 Å². The van der Waals surface area contributed by atoms with Gasteiger partial charge in [-0.1, -0.05) is 33.1 Å². The van der Waals surface area contributed by atoms with Crippen LogP contribution >= 0.6 is 0 Å². The van der Waals surface area contributed by atoms with Crippen molar-refractivity contribution in [3.05, 3.63) is 0 Å². The van der Waals surface area contributed by atoms with Gasteiger partial charge in [0, 0.05) is 5.41 Å². The van der Waals surface area contributed by atoms with E-state index in [0.717, 1.165) is 38.5 Å². The molecule has 100 valence electrons. The Labute approximate surface area is 105 Å². The number of rotatable bonds is 6. The van der Waals surface area contributed by atoms with Crippen LogP contribution in [0.1, 0.15) is 58.8 Å². The molecule has 1 saturated carbocycles. The number of carbonyl (C=O) groups excluding carboxylic acids is 1. The van der Waals surface area contributed by atoms with E-state index >= 15 is 0 Å². The van der Waals surface area contributed by atoms with Crippen molar-refractivity contribution in [2.24, 2.45) is 11.3 Å². The van der Waals surface area contributed by atoms with Crippen LogP contribution in [0.2, 0.25) is 0 Å². The number of aliphatic hydroxyl groups excluding tert-OH is 1. The zero-order valence-electron chi connectivity index (χ0n) is 11.2. The van der Waals surface area contributed by atoms with Gasteiger partial charge in [0.2, 0.25) is 0 Å². The minimum Gasteiger partial charge on any atom is -0.465 e. The van der Waals surface area contributed by atoms with E-state index in [9.17, 15) is 9.90 Å². The number of aliphatic hydroxyl groups is 1. The van der Waals surface area contributed by atoms with Crippen LogP contribution in [-0.4, -0.2) is 24.3 Å². The minimum absolute atomic E-state index is 0.0225. The lowest BCUT2D eigenvalue weighted by Crippen LogP contribution is -2.35. The van der Waals surface area contributed by atoms with Gasteiger partial charge in [0.05, 0.1) is 19.1 Å². The molecular formula is C14H26O3. The molecule has 0 aromatic rings. The van der Waals surface area contributed by atoms with Gasteiger partial charge in [-0.25, -0.2) is 0 Å². The highest BCUT2D eigenvalue weighted by Crippen LogP contribution is 2.36. The molecule has 1 rings (SSSR count). The third kappa shape index (κ3) is 3.98. The Morgan fingerprint density at radius 3 is 2.29 bits per heavy atom. The van der Waals surface area contributed by atoms with Gasteiger partial charge in [0.25, 0.3) is 0 Å². The molecule has 0 heterocycles. The van der Waals surface area contributed by atoms with Crippen LogP contribution in [0.4, 0.5) is 0 Å². The van der Waals surface area contributed by atoms with Gasteiger partial charge in [0.1, 0.15) is 0 Å². The second-order valence-corrected chi connectivity index (χ2v) is 5.34. The molecule has 0 atom stereocenters. The summed E-state index contributed by atoms with van der Waals surface area (Å²) in [6.45, 7) is 4.57. The van der Waals surface area contributed by atoms with E-state index in [1.54, 1.807) is 0 Å². The number of hydrogen-bond acceptors (Lipinski definition) is 3. The normalized spacial score (nSPS) is 19.3. The highest BCUT2D eigenvalue weighted by molar-refractivity contribution is 5.72. The van der Waals surface area contributed by atoms with Gasteiger partial charge in [-0.2, -0.15) is 0 Å². The lowest BCUT2D eigenvalue weighted by Gasteiger charge is -2.35. The van der Waals surface area contributed by atoms with E-state index in [0.29, 0.717) is 6.61 Å². The Balaban J connectivity index is 2.44. The molecular weight excluding hydrogens is 216 g/mol. The first kappa shape index (κ1) is 14.5. The van der Waals surface area contributed by atoms with Crippen LogP contribution in [0, 0.1) is 11.3 Å². The lowest BCUT2D eigenvalue weighted by molar-refractivity contribution is -0.154. The van der Waals surface area contributed by atoms with E-state index in [4.69, 9.17) is 4.74 Å². The third-order valence-electron chi connectivity index (χ3n) is 4.09. The molecule has 0 spiro atoms. The third-order valence-corrected chi connectivity index (χ3v) is 4.09. The first-order valence-electron chi connectivity index (χ1n) is 6.95. The molecule has 1 N–H and O–H groups in total. The van der Waals surface area contributed by atoms with Crippen LogP contribution in [0.3, 0.4) is 0 Å². The van der Waals surface area contributed by atoms with Crippen molar-refractivity contribution in [1.29, 1.82) is 0 Å². The molecule has 3 nitrogen and oxygen atoms in total. The van der Waals surface area contributed by atoms with Crippen molar-refractivity contribution in [2.45, 2.75) is 58.8 Å². The summed E-state index contributed by atoms with van der Waals surface area (Å²) in [7, 11) is 0. The highest BCUT2D eigenvalue weighted by Gasteiger charge is 2.33. The topological polar surface area (TPSA) is 46.5 Å². The van der Waals surface area contributed by atoms with E-state index < -0.39 is 0 Å². The second-order valence-electron chi connectivity index (χ2n) is 5.34. The fourth-order valence-corrected chi connectivity index (χ4v) is 2.61. The van der Waals surface area contributed by atoms with Crippen LogP contribution in [0.15, 0.2) is 0 Å². The lowest BCUT2D eigenvalue weighted by atomic mass is 9.75. The maximum absolute atomic E-state index is 11.8. The van der Waals surface area contributed by atoms with Gasteiger partial charge in [-0.05, 0) is 25.7 Å². The average Bonchev–Trinajstić information content (AvgIpc) is 2.39. The van der Waals surface area contributed by atoms with Crippen LogP contribution in [0.5, 0.6) is 0 Å². The number of esters is 1. The van der Waals surface area contributed by atoms with Crippen molar-refractivity contribution in [3.8, 4) is 0 Å². The summed E-state index contributed by atoms with van der Waals surface area (Å²) in [6, 6.07) is 0. The van der Waals surface area contributed by atoms with E-state index in [1.165, 1.54) is 6.42 Å². The second kappa shape index (κ2) is 7.00. The van der Waals surface area contributed by atoms with E-state index in [1.807, 2.05) is 13.8 Å². The Morgan fingerprint density at radius 2 is 1.82 bits per heavy atom. The Morgan fingerprint density at radius 1 is 1.24 bits per heavy atom. The van der Waals surface area contributed by atoms with Crippen molar-refractivity contribution in [3.63, 3.8) is 0 Å². The monoisotopic (exact) mass is 242 g/mol. The smallest absolute Gasteiger partial charge is 0.308 e. The maximum Gasteiger partial charge on any atom is 0.308 e. The number of hydrogen-bond donors (Lipinski definition) is 1. The molecule has 0 amide bonds. The molecule has 0 unspecified atom stereocenters. The summed E-state index contributed by atoms with van der Waals surface area (Å²) in [6.07, 6.45) is 7.16. The molecule has 0 aromatic carbocycles. The SMILES string of the molecule is CCC(CC)C(=O)OCC1(CO)CCCCC1. The predicted molar refractivity (Wildman–Crippen MR) is 67.6 cm³/mol. The summed E-state index contributed by atoms with van der Waals surface area (Å²) in [5.74, 6) is -0.0669. The Bertz CT molecular complexity index is 228. The zero-order valence-corrected chi connectivity index (χ0v) is 11.2. The average molecular weight is 242 g/mol. The maximum atomic E-state index is 11.8. The molecule has 1 aliphatic rings. The highest BCUT2D eigenvalue weighted by atomic mass is 16.5. The molecule has 0 bridgehead atoms. The van der Waals surface area contributed by atoms with Crippen molar-refractivity contribution in [2.75, 3.05) is 13.2 Å². The zero-order chi connectivity index (χ0) is 12.7. The Hall–Kier alpha value is -0.570. The molecule has 17 heavy (non-hydrogen) atoms. The first-order valence-corrected chi connectivity index (χ1v) is 6.95. The first-order chi connectivity index (χ1) is 8.17. The fourth-order valence-electron chi connectivity index (χ4n) is 2.61. The summed E-state index contributed by atoms with van der Waals surface area (Å²) < 4.78 is 5.42. The Kier molecular flexibility index (Phi) is 5.96. The number of carbonyl (C=O) groups is 1. The van der Waals surface area contributed by atoms with Crippen molar-refractivity contribution in [1.82, 2.24) is 0 Å². The summed E-state index contributed by atoms with van der Waals surface area (Å²) in [5, 5.41) is 9.52. The largest absolute Gasteiger partial charge is 0.465 e. The summed E-state index contributed by atoms with van der Waals surface area (Å²) >= 11 is 0. The van der Waals surface area contributed by atoms with Gasteiger partial charge in [0.15, 0.2) is 0 Å². The van der Waals surface area contributed by atoms with Crippen LogP contribution in [-0.2, 0) is 9.53 Å². The molecule has 1 aliphatic carbocycles. The van der Waals surface area contributed by atoms with Gasteiger partial charge in [-0.3, -0.25) is 4.79 Å². The van der Waals surface area contributed by atoms with E-state index in [2.05, 4.69) is 0 Å². The van der Waals surface area contributed by atoms with Crippen molar-refractivity contribution < 1.29 is 14.6 Å². The van der Waals surface area contributed by atoms with Gasteiger partial charge >= 0.3 is 5.97 Å². The number of ether oxygens (including phenoxy) is 1. The fraction of sp³-hybridized carbons (Fsp3) is 0.929. The van der Waals surface area contributed by atoms with E-state index in [-0.39, 0.29) is 23.9 Å². The molecule has 0 aromatic heterocycles. The minimum atomic E-state index is -0.153. The quantitative estimate of drug-likeness (QED) is 0.728.